The number of non-ortho nitro benzene ring substituents is 1. The molecule has 2 aromatic carbocycles. The first-order chi connectivity index (χ1) is 19.2. The summed E-state index contributed by atoms with van der Waals surface area (Å²) in [7, 11) is 0. The zero-order valence-electron chi connectivity index (χ0n) is 21.9. The molecule has 40 heavy (non-hydrogen) atoms. The van der Waals surface area contributed by atoms with E-state index in [9.17, 15) is 23.3 Å². The molecule has 1 aromatic heterocycles. The van der Waals surface area contributed by atoms with Crippen LogP contribution in [0.25, 0.3) is 11.1 Å². The number of nitro groups is 1. The zero-order valence-corrected chi connectivity index (χ0v) is 21.9. The van der Waals surface area contributed by atoms with E-state index in [1.54, 1.807) is 30.5 Å². The Morgan fingerprint density at radius 1 is 0.950 bits per heavy atom. The molecule has 0 bridgehead atoms. The molecule has 0 spiro atoms. The maximum Gasteiger partial charge on any atom is 0.573 e. The van der Waals surface area contributed by atoms with Gasteiger partial charge in [0.15, 0.2) is 0 Å². The fourth-order valence-corrected chi connectivity index (χ4v) is 5.69. The normalized spacial score (nSPS) is 21.6. The summed E-state index contributed by atoms with van der Waals surface area (Å²) < 4.78 is 42.1. The number of alkyl halides is 3. The van der Waals surface area contributed by atoms with Crippen LogP contribution < -0.4 is 20.3 Å². The highest BCUT2D eigenvalue weighted by Gasteiger charge is 2.31. The van der Waals surface area contributed by atoms with Gasteiger partial charge in [0.05, 0.1) is 4.92 Å². The third-order valence-corrected chi connectivity index (χ3v) is 7.56. The van der Waals surface area contributed by atoms with E-state index < -0.39 is 6.36 Å². The summed E-state index contributed by atoms with van der Waals surface area (Å²) in [4.78, 5) is 17.4. The second-order valence-electron chi connectivity index (χ2n) is 10.4. The number of anilines is 2. The van der Waals surface area contributed by atoms with Gasteiger partial charge in [-0.3, -0.25) is 10.1 Å². The van der Waals surface area contributed by atoms with E-state index >= 15 is 0 Å². The zero-order chi connectivity index (χ0) is 28.1. The van der Waals surface area contributed by atoms with Gasteiger partial charge in [0.1, 0.15) is 11.6 Å². The molecular weight excluding hydrogens is 523 g/mol. The van der Waals surface area contributed by atoms with E-state index in [0.29, 0.717) is 11.4 Å². The highest BCUT2D eigenvalue weighted by Crippen LogP contribution is 2.30. The Kier molecular flexibility index (Phi) is 8.39. The molecule has 1 saturated heterocycles. The molecule has 2 fully saturated rings. The Balaban J connectivity index is 1.24. The quantitative estimate of drug-likeness (QED) is 0.241. The van der Waals surface area contributed by atoms with Gasteiger partial charge < -0.3 is 20.3 Å². The molecule has 212 valence electrons. The summed E-state index contributed by atoms with van der Waals surface area (Å²) >= 11 is 0. The van der Waals surface area contributed by atoms with Crippen molar-refractivity contribution in [3.05, 3.63) is 77.0 Å². The van der Waals surface area contributed by atoms with E-state index in [2.05, 4.69) is 25.3 Å². The number of nitrogens with one attached hydrogen (secondary N) is 2. The average molecular weight is 556 g/mol. The molecule has 5 rings (SSSR count). The standard InChI is InChI=1S/C29H32F3N5O3/c30-29(31,32)40-25-7-3-5-20(17-25)21-14-15-33-28(18-21)35-27-9-2-1-8-26(27)34-22-6-4-16-36(19-22)23-10-12-24(13-11-23)37(38)39/h3,5,7,10-15,17-18,22,26-27,34H,1-2,4,6,8-9,16,19H2,(H,33,35)/t22-,26?,27?/m0/s1. The Labute approximate surface area is 230 Å². The first kappa shape index (κ1) is 27.7. The molecular formula is C29H32F3N5O3. The molecule has 1 aliphatic heterocycles. The van der Waals surface area contributed by atoms with Crippen molar-refractivity contribution >= 4 is 17.2 Å². The van der Waals surface area contributed by atoms with Crippen LogP contribution in [-0.2, 0) is 0 Å². The van der Waals surface area contributed by atoms with E-state index in [4.69, 9.17) is 0 Å². The Morgan fingerprint density at radius 3 is 2.45 bits per heavy atom. The number of nitrogens with zero attached hydrogens (tertiary/aromatic N) is 3. The molecule has 2 heterocycles. The molecule has 1 saturated carbocycles. The van der Waals surface area contributed by atoms with Gasteiger partial charge in [-0.25, -0.2) is 4.98 Å². The Morgan fingerprint density at radius 2 is 1.70 bits per heavy atom. The van der Waals surface area contributed by atoms with Crippen LogP contribution in [0.3, 0.4) is 0 Å². The number of pyridine rings is 1. The van der Waals surface area contributed by atoms with Crippen LogP contribution in [0.1, 0.15) is 38.5 Å². The number of ether oxygens (including phenoxy) is 1. The number of hydrogen-bond acceptors (Lipinski definition) is 7. The average Bonchev–Trinajstić information content (AvgIpc) is 2.94. The van der Waals surface area contributed by atoms with Gasteiger partial charge in [0.2, 0.25) is 0 Å². The largest absolute Gasteiger partial charge is 0.573 e. The van der Waals surface area contributed by atoms with Crippen LogP contribution in [0.4, 0.5) is 30.4 Å². The van der Waals surface area contributed by atoms with E-state index in [1.165, 1.54) is 18.2 Å². The van der Waals surface area contributed by atoms with Crippen LogP contribution in [0.2, 0.25) is 0 Å². The van der Waals surface area contributed by atoms with Crippen LogP contribution in [0.15, 0.2) is 66.9 Å². The minimum Gasteiger partial charge on any atom is -0.406 e. The Hall–Kier alpha value is -3.86. The van der Waals surface area contributed by atoms with Crippen LogP contribution in [0.5, 0.6) is 5.75 Å². The molecule has 3 aromatic rings. The van der Waals surface area contributed by atoms with Gasteiger partial charge in [-0.1, -0.05) is 25.0 Å². The molecule has 1 aliphatic carbocycles. The lowest BCUT2D eigenvalue weighted by atomic mass is 9.89. The van der Waals surface area contributed by atoms with Crippen LogP contribution in [0, 0.1) is 10.1 Å². The second kappa shape index (κ2) is 12.1. The first-order valence-corrected chi connectivity index (χ1v) is 13.6. The van der Waals surface area contributed by atoms with Gasteiger partial charge in [-0.2, -0.15) is 0 Å². The fraction of sp³-hybridized carbons (Fsp3) is 0.414. The second-order valence-corrected chi connectivity index (χ2v) is 10.4. The molecule has 11 heteroatoms. The number of piperidine rings is 1. The SMILES string of the molecule is O=[N+]([O-])c1ccc(N2CCC[C@H](NC3CCCCC3Nc3cc(-c4cccc(OC(F)(F)F)c4)ccn3)C2)cc1. The minimum atomic E-state index is -4.75. The van der Waals surface area contributed by atoms with Crippen molar-refractivity contribution in [2.24, 2.45) is 0 Å². The Bertz CT molecular complexity index is 1300. The van der Waals surface area contributed by atoms with Crippen molar-refractivity contribution in [1.29, 1.82) is 0 Å². The number of hydrogen-bond donors (Lipinski definition) is 2. The van der Waals surface area contributed by atoms with Gasteiger partial charge in [-0.05, 0) is 73.2 Å². The van der Waals surface area contributed by atoms with Crippen molar-refractivity contribution in [2.45, 2.75) is 63.0 Å². The predicted octanol–water partition coefficient (Wildman–Crippen LogP) is 6.54. The van der Waals surface area contributed by atoms with E-state index in [0.717, 1.165) is 62.9 Å². The smallest absolute Gasteiger partial charge is 0.406 e. The number of nitro benzene ring substituents is 1. The summed E-state index contributed by atoms with van der Waals surface area (Å²) in [6, 6.07) is 17.0. The summed E-state index contributed by atoms with van der Waals surface area (Å²) in [5, 5.41) is 18.5. The lowest BCUT2D eigenvalue weighted by Crippen LogP contribution is -2.54. The highest BCUT2D eigenvalue weighted by molar-refractivity contribution is 5.67. The summed E-state index contributed by atoms with van der Waals surface area (Å²) in [6.07, 6.45) is 3.24. The van der Waals surface area contributed by atoms with Gasteiger partial charge in [-0.15, -0.1) is 13.2 Å². The number of rotatable bonds is 8. The van der Waals surface area contributed by atoms with Crippen molar-refractivity contribution in [2.75, 3.05) is 23.3 Å². The summed E-state index contributed by atoms with van der Waals surface area (Å²) in [5.74, 6) is 0.414. The molecule has 2 N–H and O–H groups in total. The number of halogens is 3. The summed E-state index contributed by atoms with van der Waals surface area (Å²) in [5.41, 5.74) is 2.43. The third kappa shape index (κ3) is 7.20. The first-order valence-electron chi connectivity index (χ1n) is 13.6. The van der Waals surface area contributed by atoms with Crippen molar-refractivity contribution in [3.8, 4) is 16.9 Å². The van der Waals surface area contributed by atoms with E-state index in [-0.39, 0.29) is 34.5 Å². The maximum atomic E-state index is 12.7. The van der Waals surface area contributed by atoms with Crippen molar-refractivity contribution in [1.82, 2.24) is 10.3 Å². The molecule has 3 atom stereocenters. The maximum absolute atomic E-state index is 12.7. The van der Waals surface area contributed by atoms with Crippen LogP contribution >= 0.6 is 0 Å². The minimum absolute atomic E-state index is 0.0894. The molecule has 2 unspecified atom stereocenters. The van der Waals surface area contributed by atoms with Crippen molar-refractivity contribution < 1.29 is 22.8 Å². The monoisotopic (exact) mass is 555 g/mol. The lowest BCUT2D eigenvalue weighted by molar-refractivity contribution is -0.384. The van der Waals surface area contributed by atoms with Gasteiger partial charge in [0.25, 0.3) is 5.69 Å². The highest BCUT2D eigenvalue weighted by atomic mass is 19.4. The molecule has 8 nitrogen and oxygen atoms in total. The van der Waals surface area contributed by atoms with E-state index in [1.807, 2.05) is 18.2 Å². The fourth-order valence-electron chi connectivity index (χ4n) is 5.69. The topological polar surface area (TPSA) is 92.6 Å². The third-order valence-electron chi connectivity index (χ3n) is 7.56. The van der Waals surface area contributed by atoms with Crippen molar-refractivity contribution in [3.63, 3.8) is 0 Å². The molecule has 0 radical (unpaired) electrons. The predicted molar refractivity (Wildman–Crippen MR) is 147 cm³/mol. The summed E-state index contributed by atoms with van der Waals surface area (Å²) in [6.45, 7) is 1.74. The molecule has 0 amide bonds. The number of aromatic nitrogens is 1. The molecule has 2 aliphatic rings. The van der Waals surface area contributed by atoms with Gasteiger partial charge >= 0.3 is 6.36 Å². The lowest BCUT2D eigenvalue weighted by Gasteiger charge is -2.40. The van der Waals surface area contributed by atoms with Gasteiger partial charge in [0, 0.05) is 55.2 Å². The van der Waals surface area contributed by atoms with Crippen LogP contribution in [-0.4, -0.2) is 47.5 Å². The number of benzene rings is 2.